The van der Waals surface area contributed by atoms with Crippen molar-refractivity contribution in [3.8, 4) is 11.8 Å². The molecule has 3 aliphatic rings. The highest BCUT2D eigenvalue weighted by atomic mass is 31.3. The first-order valence-corrected chi connectivity index (χ1v) is 26.7. The van der Waals surface area contributed by atoms with E-state index in [0.29, 0.717) is 18.5 Å². The van der Waals surface area contributed by atoms with Crippen LogP contribution in [0.4, 0.5) is 11.6 Å². The lowest BCUT2D eigenvalue weighted by Crippen LogP contribution is -2.32. The molecule has 2 aromatic carbocycles. The van der Waals surface area contributed by atoms with E-state index in [1.54, 1.807) is 11.9 Å². The highest BCUT2D eigenvalue weighted by Gasteiger charge is 2.41. The number of benzene rings is 2. The molecule has 25 heteroatoms. The Morgan fingerprint density at radius 1 is 1.06 bits per heavy atom. The molecule has 0 spiro atoms. The first-order chi connectivity index (χ1) is 33.2. The topological polar surface area (TPSA) is 304 Å². The number of aromatic nitrogens is 3. The molecule has 1 fully saturated rings. The molecule has 71 heavy (non-hydrogen) atoms. The van der Waals surface area contributed by atoms with Crippen LogP contribution in [0.15, 0.2) is 82.8 Å². The molecule has 2 aromatic heterocycles. The number of ether oxygens (including phenoxy) is 1. The smallest absolute Gasteiger partial charge is 0.487 e. The lowest BCUT2D eigenvalue weighted by Gasteiger charge is -2.39. The number of hydrogen-bond donors (Lipinski definition) is 6. The van der Waals surface area contributed by atoms with Gasteiger partial charge in [0.05, 0.1) is 30.2 Å². The second kappa shape index (κ2) is 20.7. The van der Waals surface area contributed by atoms with Crippen molar-refractivity contribution >= 4 is 69.2 Å². The number of hydrogen-bond acceptors (Lipinski definition) is 14. The summed E-state index contributed by atoms with van der Waals surface area (Å²) >= 11 is 0. The highest BCUT2D eigenvalue weighted by Crippen LogP contribution is 2.65. The van der Waals surface area contributed by atoms with Gasteiger partial charge in [-0.3, -0.25) is 28.5 Å². The monoisotopic (exact) mass is 1040 g/mol. The number of carbonyl (C=O) groups excluding carboxylic acids is 2. The van der Waals surface area contributed by atoms with Crippen LogP contribution >= 0.6 is 23.5 Å². The second-order valence-electron chi connectivity index (χ2n) is 18.0. The van der Waals surface area contributed by atoms with Crippen molar-refractivity contribution in [2.24, 2.45) is 0 Å². The van der Waals surface area contributed by atoms with Crippen molar-refractivity contribution in [1.82, 2.24) is 24.8 Å². The normalized spacial score (nSPS) is 19.6. The Kier molecular flexibility index (Phi) is 15.5. The minimum atomic E-state index is -5.82. The van der Waals surface area contributed by atoms with Gasteiger partial charge < -0.3 is 49.7 Å². The molecule has 0 saturated carbocycles. The number of rotatable bonds is 16. The van der Waals surface area contributed by atoms with Crippen LogP contribution in [-0.4, -0.2) is 117 Å². The first-order valence-electron chi connectivity index (χ1n) is 22.2. The maximum absolute atomic E-state index is 14.3. The quantitative estimate of drug-likeness (QED) is 0.0523. The van der Waals surface area contributed by atoms with Gasteiger partial charge in [-0.25, -0.2) is 18.0 Å². The fourth-order valence-electron chi connectivity index (χ4n) is 8.69. The lowest BCUT2D eigenvalue weighted by atomic mass is 9.64. The summed E-state index contributed by atoms with van der Waals surface area (Å²) < 4.78 is 56.2. The molecule has 0 radical (unpaired) electrons. The molecule has 0 bridgehead atoms. The number of amides is 2. The van der Waals surface area contributed by atoms with E-state index in [0.717, 1.165) is 44.8 Å². The van der Waals surface area contributed by atoms with E-state index in [4.69, 9.17) is 19.9 Å². The summed E-state index contributed by atoms with van der Waals surface area (Å²) in [6.45, 7) is 4.00. The number of aromatic amines is 1. The molecular formula is C46H55N8O14P3. The average molecular weight is 1040 g/mol. The SMILES string of the molecule is CN(CCCC(=O)NCC#Cc1cn([C@H]2CC[C@@H](COP(=O)(O)OP(=O)(O)OP(=O)([O-])O)O2)c2nc(N)[nH]c(=O)c12)C(=O)c1ccccc1C1=C2C=CC(=[N+](C)C)C=C2C(C)(C)c2cc(N(C)C)ccc21. The predicted molar refractivity (Wildman–Crippen MR) is 262 cm³/mol. The number of nitrogen functional groups attached to an aromatic ring is 1. The molecular weight excluding hydrogens is 981 g/mol. The third kappa shape index (κ3) is 12.1. The molecule has 3 heterocycles. The van der Waals surface area contributed by atoms with E-state index < -0.39 is 48.0 Å². The van der Waals surface area contributed by atoms with Crippen molar-refractivity contribution in [1.29, 1.82) is 0 Å². The molecule has 1 aliphatic heterocycles. The Labute approximate surface area is 408 Å². The van der Waals surface area contributed by atoms with Gasteiger partial charge in [-0.05, 0) is 76.9 Å². The van der Waals surface area contributed by atoms with Gasteiger partial charge >= 0.3 is 15.6 Å². The van der Waals surface area contributed by atoms with Gasteiger partial charge in [0.15, 0.2) is 11.4 Å². The summed E-state index contributed by atoms with van der Waals surface area (Å²) in [5.41, 5.74) is 14.1. The van der Waals surface area contributed by atoms with Crippen LogP contribution < -0.4 is 26.4 Å². The number of fused-ring (bicyclic) bond motifs is 3. The summed E-state index contributed by atoms with van der Waals surface area (Å²) in [5, 5.41) is 2.82. The minimum absolute atomic E-state index is 0.0678. The van der Waals surface area contributed by atoms with Gasteiger partial charge in [0, 0.05) is 69.1 Å². The van der Waals surface area contributed by atoms with E-state index in [1.807, 2.05) is 52.5 Å². The number of phosphoric acid groups is 3. The molecule has 22 nitrogen and oxygen atoms in total. The zero-order valence-corrected chi connectivity index (χ0v) is 42.6. The van der Waals surface area contributed by atoms with Crippen LogP contribution in [0.25, 0.3) is 16.6 Å². The standard InChI is InChI=1S/C46H55N8O14P3/c1-46(2)36-24-29(51(3)4)16-19-34(36)41(35-20-17-30(52(5)6)25-37(35)46)32-13-8-9-14-33(32)44(57)53(7)23-11-15-38(55)48-22-10-12-28-26-54(42-40(28)43(56)50-45(47)49-42)39-21-18-31(66-39)27-65-70(61,62)68-71(63,64)67-69(58,59)60/h8-9,13-14,16-17,19-20,24-26,31,39H,11,15,18,21-23,27H2,1-7H3,(H7-,47,48,49,50,55,56,58,59,60,61,62,63,64)/t31-,39+/m0/s1. The van der Waals surface area contributed by atoms with Crippen molar-refractivity contribution < 1.29 is 65.3 Å². The molecule has 3 unspecified atom stereocenters. The number of nitrogens with zero attached hydrogens (tertiary/aromatic N) is 5. The number of anilines is 2. The van der Waals surface area contributed by atoms with E-state index in [-0.39, 0.29) is 65.6 Å². The number of carbonyl (C=O) groups is 2. The van der Waals surface area contributed by atoms with Crippen molar-refractivity contribution in [2.75, 3.05) is 65.6 Å². The summed E-state index contributed by atoms with van der Waals surface area (Å²) in [7, 11) is -7.22. The van der Waals surface area contributed by atoms with E-state index in [9.17, 15) is 42.8 Å². The van der Waals surface area contributed by atoms with Gasteiger partial charge in [-0.1, -0.05) is 50.0 Å². The fourth-order valence-corrected chi connectivity index (χ4v) is 11.7. The van der Waals surface area contributed by atoms with E-state index >= 15 is 0 Å². The van der Waals surface area contributed by atoms with Crippen LogP contribution in [0.3, 0.4) is 0 Å². The summed E-state index contributed by atoms with van der Waals surface area (Å²) in [4.78, 5) is 89.4. The van der Waals surface area contributed by atoms with E-state index in [2.05, 4.69) is 95.5 Å². The van der Waals surface area contributed by atoms with Crippen molar-refractivity contribution in [2.45, 2.75) is 57.3 Å². The third-order valence-electron chi connectivity index (χ3n) is 12.1. The minimum Gasteiger partial charge on any atom is -0.756 e. The first kappa shape index (κ1) is 53.0. The molecule has 4 aromatic rings. The summed E-state index contributed by atoms with van der Waals surface area (Å²) in [6, 6.07) is 14.1. The summed E-state index contributed by atoms with van der Waals surface area (Å²) in [5.74, 6) is 5.02. The van der Waals surface area contributed by atoms with Crippen LogP contribution in [0, 0.1) is 11.8 Å². The molecule has 7 rings (SSSR count). The van der Waals surface area contributed by atoms with Gasteiger partial charge in [0.2, 0.25) is 11.9 Å². The number of allylic oxidation sites excluding steroid dienone is 5. The molecule has 7 N–H and O–H groups in total. The van der Waals surface area contributed by atoms with Crippen LogP contribution in [0.5, 0.6) is 0 Å². The zero-order chi connectivity index (χ0) is 51.8. The van der Waals surface area contributed by atoms with E-state index in [1.165, 1.54) is 10.8 Å². The van der Waals surface area contributed by atoms with Crippen molar-refractivity contribution in [3.05, 3.63) is 116 Å². The third-order valence-corrected chi connectivity index (χ3v) is 15.9. The fraction of sp³-hybridized carbons (Fsp3) is 0.370. The predicted octanol–water partition coefficient (Wildman–Crippen LogP) is 4.08. The van der Waals surface area contributed by atoms with Gasteiger partial charge in [0.25, 0.3) is 19.3 Å². The largest absolute Gasteiger partial charge is 0.756 e. The number of phosphoric ester groups is 1. The Bertz CT molecular complexity index is 3210. The number of H-pyrrole nitrogens is 1. The van der Waals surface area contributed by atoms with Gasteiger partial charge in [-0.15, -0.1) is 0 Å². The number of nitrogens with one attached hydrogen (secondary N) is 2. The van der Waals surface area contributed by atoms with Crippen molar-refractivity contribution in [3.63, 3.8) is 0 Å². The van der Waals surface area contributed by atoms with Crippen LogP contribution in [0.2, 0.25) is 0 Å². The van der Waals surface area contributed by atoms with Crippen LogP contribution in [0.1, 0.15) is 78.4 Å². The molecule has 5 atom stereocenters. The lowest BCUT2D eigenvalue weighted by molar-refractivity contribution is -0.462. The van der Waals surface area contributed by atoms with Crippen LogP contribution in [-0.2, 0) is 41.8 Å². The maximum atomic E-state index is 14.3. The Hall–Kier alpha value is -5.78. The van der Waals surface area contributed by atoms with Gasteiger partial charge in [0.1, 0.15) is 20.3 Å². The molecule has 1 saturated heterocycles. The Balaban J connectivity index is 0.987. The second-order valence-corrected chi connectivity index (χ2v) is 22.3. The van der Waals surface area contributed by atoms with Gasteiger partial charge in [-0.2, -0.15) is 9.29 Å². The molecule has 378 valence electrons. The highest BCUT2D eigenvalue weighted by molar-refractivity contribution is 7.66. The maximum Gasteiger partial charge on any atom is 0.487 e. The number of nitrogens with two attached hydrogens (primary N) is 1. The molecule has 2 amide bonds. The average Bonchev–Trinajstić information content (AvgIpc) is 3.90. The molecule has 2 aliphatic carbocycles. The zero-order valence-electron chi connectivity index (χ0n) is 39.9. The Morgan fingerprint density at radius 2 is 1.79 bits per heavy atom. The summed E-state index contributed by atoms with van der Waals surface area (Å²) in [6.07, 6.45) is 7.12. The Morgan fingerprint density at radius 3 is 2.49 bits per heavy atom.